The molecule has 5 rings (SSSR count). The molecule has 2 aliphatic rings. The predicted octanol–water partition coefficient (Wildman–Crippen LogP) is 6.08. The Balaban J connectivity index is 1.42. The maximum Gasteiger partial charge on any atom is 0.229 e. The van der Waals surface area contributed by atoms with Crippen LogP contribution in [-0.4, -0.2) is 23.0 Å². The number of methoxy groups -OCH3 is 1. The third-order valence-electron chi connectivity index (χ3n) is 7.29. The molecule has 0 bridgehead atoms. The van der Waals surface area contributed by atoms with Crippen molar-refractivity contribution in [3.63, 3.8) is 0 Å². The van der Waals surface area contributed by atoms with E-state index in [1.165, 1.54) is 49.8 Å². The zero-order valence-electron chi connectivity index (χ0n) is 20.3. The van der Waals surface area contributed by atoms with Crippen LogP contribution in [0.25, 0.3) is 11.3 Å². The molecule has 5 nitrogen and oxygen atoms in total. The van der Waals surface area contributed by atoms with Gasteiger partial charge in [0.2, 0.25) is 5.91 Å². The van der Waals surface area contributed by atoms with Gasteiger partial charge in [-0.15, -0.1) is 0 Å². The van der Waals surface area contributed by atoms with Gasteiger partial charge in [0.15, 0.2) is 5.82 Å². The highest BCUT2D eigenvalue weighted by Crippen LogP contribution is 2.36. The lowest BCUT2D eigenvalue weighted by molar-refractivity contribution is -0.115. The summed E-state index contributed by atoms with van der Waals surface area (Å²) in [4.78, 5) is 22.9. The Morgan fingerprint density at radius 3 is 2.63 bits per heavy atom. The van der Waals surface area contributed by atoms with Crippen LogP contribution in [0.5, 0.6) is 5.75 Å². The molecular formula is C29H32FN3O2. The molecule has 35 heavy (non-hydrogen) atoms. The minimum Gasteiger partial charge on any atom is -0.497 e. The van der Waals surface area contributed by atoms with Crippen LogP contribution in [0.15, 0.2) is 42.5 Å². The van der Waals surface area contributed by atoms with Crippen molar-refractivity contribution in [1.82, 2.24) is 9.97 Å². The summed E-state index contributed by atoms with van der Waals surface area (Å²) in [5.74, 6) is 1.66. The fourth-order valence-electron chi connectivity index (χ4n) is 5.34. The standard InChI is InChI=1S/C29H32FN3O2/c1-35-23-13-14-24-21(18-23)10-16-25-28(24)31-26(15-9-19-5-3-2-4-6-19)29(32-25)33-27(34)17-20-7-11-22(30)12-8-20/h7-8,11-14,18-19H,2-6,9-10,15-17H2,1H3,(H,32,33,34). The maximum atomic E-state index is 13.2. The van der Waals surface area contributed by atoms with Gasteiger partial charge in [-0.1, -0.05) is 44.2 Å². The molecule has 1 N–H and O–H groups in total. The minimum absolute atomic E-state index is 0.161. The van der Waals surface area contributed by atoms with Crippen molar-refractivity contribution < 1.29 is 13.9 Å². The van der Waals surface area contributed by atoms with Gasteiger partial charge >= 0.3 is 0 Å². The Bertz CT molecular complexity index is 1200. The number of anilines is 1. The first-order valence-electron chi connectivity index (χ1n) is 12.7. The highest BCUT2D eigenvalue weighted by molar-refractivity contribution is 5.92. The molecule has 0 saturated heterocycles. The molecule has 0 atom stereocenters. The highest BCUT2D eigenvalue weighted by Gasteiger charge is 2.24. The van der Waals surface area contributed by atoms with Crippen molar-refractivity contribution in [3.8, 4) is 17.0 Å². The fraction of sp³-hybridized carbons (Fsp3) is 0.414. The number of fused-ring (bicyclic) bond motifs is 3. The molecule has 2 aliphatic carbocycles. The van der Waals surface area contributed by atoms with Gasteiger partial charge in [-0.2, -0.15) is 0 Å². The Labute approximate surface area is 206 Å². The third kappa shape index (κ3) is 5.53. The average molecular weight is 474 g/mol. The number of rotatable bonds is 7. The largest absolute Gasteiger partial charge is 0.497 e. The van der Waals surface area contributed by atoms with Gasteiger partial charge in [0.25, 0.3) is 0 Å². The second-order valence-electron chi connectivity index (χ2n) is 9.73. The molecule has 6 heteroatoms. The van der Waals surface area contributed by atoms with Crippen LogP contribution in [0.3, 0.4) is 0 Å². The summed E-state index contributed by atoms with van der Waals surface area (Å²) in [7, 11) is 1.68. The number of nitrogens with one attached hydrogen (secondary N) is 1. The minimum atomic E-state index is -0.308. The summed E-state index contributed by atoms with van der Waals surface area (Å²) in [6.45, 7) is 0. The first-order chi connectivity index (χ1) is 17.1. The van der Waals surface area contributed by atoms with Crippen molar-refractivity contribution in [2.45, 2.75) is 64.2 Å². The molecule has 1 heterocycles. The van der Waals surface area contributed by atoms with Crippen LogP contribution in [0.4, 0.5) is 10.2 Å². The van der Waals surface area contributed by atoms with Gasteiger partial charge in [0.1, 0.15) is 11.6 Å². The van der Waals surface area contributed by atoms with E-state index in [0.29, 0.717) is 11.7 Å². The molecule has 0 unspecified atom stereocenters. The van der Waals surface area contributed by atoms with E-state index in [4.69, 9.17) is 14.7 Å². The van der Waals surface area contributed by atoms with E-state index in [0.717, 1.165) is 59.6 Å². The lowest BCUT2D eigenvalue weighted by Crippen LogP contribution is -2.20. The van der Waals surface area contributed by atoms with Gasteiger partial charge < -0.3 is 10.1 Å². The second-order valence-corrected chi connectivity index (χ2v) is 9.73. The lowest BCUT2D eigenvalue weighted by atomic mass is 9.85. The summed E-state index contributed by atoms with van der Waals surface area (Å²) < 4.78 is 18.7. The maximum absolute atomic E-state index is 13.2. The van der Waals surface area contributed by atoms with Crippen molar-refractivity contribution in [2.24, 2.45) is 5.92 Å². The Morgan fingerprint density at radius 1 is 1.06 bits per heavy atom. The number of hydrogen-bond acceptors (Lipinski definition) is 4. The number of aromatic nitrogens is 2. The molecular weight excluding hydrogens is 441 g/mol. The molecule has 1 saturated carbocycles. The normalized spacial score (nSPS) is 15.3. The second kappa shape index (κ2) is 10.5. The van der Waals surface area contributed by atoms with E-state index in [2.05, 4.69) is 17.4 Å². The number of carbonyl (C=O) groups is 1. The molecule has 1 amide bonds. The number of halogens is 1. The lowest BCUT2D eigenvalue weighted by Gasteiger charge is -2.23. The number of amides is 1. The molecule has 0 spiro atoms. The molecule has 2 aromatic carbocycles. The molecule has 1 fully saturated rings. The molecule has 182 valence electrons. The van der Waals surface area contributed by atoms with Crippen LogP contribution >= 0.6 is 0 Å². The summed E-state index contributed by atoms with van der Waals surface area (Å²) in [5, 5.41) is 3.03. The van der Waals surface area contributed by atoms with Crippen LogP contribution < -0.4 is 10.1 Å². The first-order valence-corrected chi connectivity index (χ1v) is 12.7. The van der Waals surface area contributed by atoms with E-state index < -0.39 is 0 Å². The SMILES string of the molecule is COc1ccc2c(c1)CCc1nc(NC(=O)Cc3ccc(F)cc3)c(CCC3CCCCC3)nc1-2. The van der Waals surface area contributed by atoms with E-state index >= 15 is 0 Å². The Hall–Kier alpha value is -3.28. The number of ether oxygens (including phenoxy) is 1. The quantitative estimate of drug-likeness (QED) is 0.451. The zero-order valence-corrected chi connectivity index (χ0v) is 20.3. The van der Waals surface area contributed by atoms with Gasteiger partial charge in [-0.25, -0.2) is 14.4 Å². The molecule has 3 aromatic rings. The smallest absolute Gasteiger partial charge is 0.229 e. The number of aryl methyl sites for hydroxylation is 3. The van der Waals surface area contributed by atoms with Crippen molar-refractivity contribution >= 4 is 11.7 Å². The molecule has 0 aliphatic heterocycles. The van der Waals surface area contributed by atoms with E-state index in [9.17, 15) is 9.18 Å². The van der Waals surface area contributed by atoms with Crippen molar-refractivity contribution in [2.75, 3.05) is 12.4 Å². The van der Waals surface area contributed by atoms with Crippen molar-refractivity contribution in [1.29, 1.82) is 0 Å². The summed E-state index contributed by atoms with van der Waals surface area (Å²) >= 11 is 0. The number of benzene rings is 2. The van der Waals surface area contributed by atoms with Gasteiger partial charge in [-0.05, 0) is 73.1 Å². The van der Waals surface area contributed by atoms with Crippen LogP contribution in [0.1, 0.15) is 61.0 Å². The molecule has 1 aromatic heterocycles. The predicted molar refractivity (Wildman–Crippen MR) is 135 cm³/mol. The average Bonchev–Trinajstić information content (AvgIpc) is 2.89. The van der Waals surface area contributed by atoms with Gasteiger partial charge in [0, 0.05) is 5.56 Å². The van der Waals surface area contributed by atoms with Crippen LogP contribution in [0.2, 0.25) is 0 Å². The van der Waals surface area contributed by atoms with Crippen LogP contribution in [0, 0.1) is 11.7 Å². The zero-order chi connectivity index (χ0) is 24.2. The fourth-order valence-corrected chi connectivity index (χ4v) is 5.34. The Kier molecular flexibility index (Phi) is 7.07. The number of hydrogen-bond donors (Lipinski definition) is 1. The summed E-state index contributed by atoms with van der Waals surface area (Å²) in [5.41, 5.74) is 5.78. The van der Waals surface area contributed by atoms with E-state index in [1.54, 1.807) is 19.2 Å². The third-order valence-corrected chi connectivity index (χ3v) is 7.29. The highest BCUT2D eigenvalue weighted by atomic mass is 19.1. The van der Waals surface area contributed by atoms with Gasteiger partial charge in [0.05, 0.1) is 30.6 Å². The van der Waals surface area contributed by atoms with Crippen LogP contribution in [-0.2, 0) is 30.5 Å². The van der Waals surface area contributed by atoms with Crippen molar-refractivity contribution in [3.05, 3.63) is 70.8 Å². The monoisotopic (exact) mass is 473 g/mol. The number of carbonyl (C=O) groups excluding carboxylic acids is 1. The summed E-state index contributed by atoms with van der Waals surface area (Å²) in [6.07, 6.45) is 10.1. The summed E-state index contributed by atoms with van der Waals surface area (Å²) in [6, 6.07) is 12.2. The van der Waals surface area contributed by atoms with E-state index in [1.807, 2.05) is 6.07 Å². The Morgan fingerprint density at radius 2 is 1.86 bits per heavy atom. The molecule has 0 radical (unpaired) electrons. The topological polar surface area (TPSA) is 64.1 Å². The van der Waals surface area contributed by atoms with E-state index in [-0.39, 0.29) is 18.1 Å². The first kappa shape index (κ1) is 23.5. The van der Waals surface area contributed by atoms with Gasteiger partial charge in [-0.3, -0.25) is 4.79 Å². The number of nitrogens with zero attached hydrogens (tertiary/aromatic N) is 2.